The molecule has 1 atom stereocenters. The van der Waals surface area contributed by atoms with Crippen LogP contribution in [-0.4, -0.2) is 20.9 Å². The molecule has 0 spiro atoms. The zero-order valence-corrected chi connectivity index (χ0v) is 19.1. The van der Waals surface area contributed by atoms with Gasteiger partial charge in [0.1, 0.15) is 0 Å². The minimum Gasteiger partial charge on any atom is -0.351 e. The van der Waals surface area contributed by atoms with Crippen molar-refractivity contribution in [3.05, 3.63) is 94.5 Å². The first-order valence-corrected chi connectivity index (χ1v) is 11.7. The summed E-state index contributed by atoms with van der Waals surface area (Å²) < 4.78 is 28.7. The quantitative estimate of drug-likeness (QED) is 0.550. The smallest absolute Gasteiger partial charge is 0.262 e. The fourth-order valence-electron chi connectivity index (χ4n) is 3.41. The Balaban J connectivity index is 1.78. The summed E-state index contributed by atoms with van der Waals surface area (Å²) in [6, 6.07) is 20.2. The van der Waals surface area contributed by atoms with Crippen molar-refractivity contribution >= 4 is 21.6 Å². The fraction of sp³-hybridized carbons (Fsp3) is 0.240. The van der Waals surface area contributed by atoms with Gasteiger partial charge in [-0.1, -0.05) is 61.0 Å². The Bertz CT molecular complexity index is 1190. The van der Waals surface area contributed by atoms with Crippen LogP contribution in [0.25, 0.3) is 0 Å². The first-order chi connectivity index (χ1) is 14.7. The summed E-state index contributed by atoms with van der Waals surface area (Å²) in [5.74, 6) is -0.157. The lowest BCUT2D eigenvalue weighted by Crippen LogP contribution is -2.28. The van der Waals surface area contributed by atoms with Crippen LogP contribution < -0.4 is 10.0 Å². The van der Waals surface area contributed by atoms with E-state index in [1.807, 2.05) is 63.2 Å². The molecule has 2 N–H and O–H groups in total. The minimum atomic E-state index is -3.84. The van der Waals surface area contributed by atoms with Crippen molar-refractivity contribution in [2.75, 3.05) is 11.3 Å². The van der Waals surface area contributed by atoms with E-state index >= 15 is 0 Å². The van der Waals surface area contributed by atoms with Crippen molar-refractivity contribution in [2.24, 2.45) is 0 Å². The van der Waals surface area contributed by atoms with Crippen molar-refractivity contribution in [1.29, 1.82) is 0 Å². The predicted octanol–water partition coefficient (Wildman–Crippen LogP) is 4.95. The molecule has 31 heavy (non-hydrogen) atoms. The molecule has 1 unspecified atom stereocenters. The van der Waals surface area contributed by atoms with Crippen LogP contribution in [0, 0.1) is 20.8 Å². The van der Waals surface area contributed by atoms with E-state index in [-0.39, 0.29) is 16.7 Å². The zero-order chi connectivity index (χ0) is 22.6. The molecule has 0 bridgehead atoms. The molecule has 0 aromatic heterocycles. The molecule has 0 radical (unpaired) electrons. The van der Waals surface area contributed by atoms with Gasteiger partial charge in [0.05, 0.1) is 10.6 Å². The number of carbonyl (C=O) groups is 1. The Labute approximate surface area is 184 Å². The van der Waals surface area contributed by atoms with Gasteiger partial charge in [0, 0.05) is 12.1 Å². The molecule has 0 saturated carbocycles. The van der Waals surface area contributed by atoms with Crippen molar-refractivity contribution in [3.63, 3.8) is 0 Å². The van der Waals surface area contributed by atoms with Crippen LogP contribution in [0.1, 0.15) is 45.5 Å². The Morgan fingerprint density at radius 2 is 1.61 bits per heavy atom. The first-order valence-electron chi connectivity index (χ1n) is 10.2. The number of aryl methyl sites for hydroxylation is 3. The highest BCUT2D eigenvalue weighted by atomic mass is 32.2. The Kier molecular flexibility index (Phi) is 6.81. The van der Waals surface area contributed by atoms with Crippen LogP contribution in [0.2, 0.25) is 0 Å². The third-order valence-electron chi connectivity index (χ3n) is 5.30. The second-order valence-corrected chi connectivity index (χ2v) is 9.58. The van der Waals surface area contributed by atoms with Gasteiger partial charge >= 0.3 is 0 Å². The number of hydrogen-bond donors (Lipinski definition) is 2. The third-order valence-corrected chi connectivity index (χ3v) is 6.81. The summed E-state index contributed by atoms with van der Waals surface area (Å²) >= 11 is 0. The van der Waals surface area contributed by atoms with Gasteiger partial charge in [0.2, 0.25) is 0 Å². The van der Waals surface area contributed by atoms with Crippen molar-refractivity contribution in [3.8, 4) is 0 Å². The number of amides is 1. The molecular formula is C25H28N2O3S. The summed E-state index contributed by atoms with van der Waals surface area (Å²) in [6.07, 6.45) is 0. The van der Waals surface area contributed by atoms with Crippen LogP contribution in [0.4, 0.5) is 5.69 Å². The van der Waals surface area contributed by atoms with Crippen LogP contribution >= 0.6 is 0 Å². The lowest BCUT2D eigenvalue weighted by molar-refractivity contribution is 0.0951. The highest BCUT2D eigenvalue weighted by Crippen LogP contribution is 2.24. The number of carbonyl (C=O) groups excluding carboxylic acids is 1. The number of sulfonamides is 1. The Morgan fingerprint density at radius 1 is 0.903 bits per heavy atom. The topological polar surface area (TPSA) is 75.3 Å². The third kappa shape index (κ3) is 5.52. The zero-order valence-electron chi connectivity index (χ0n) is 18.3. The van der Waals surface area contributed by atoms with Gasteiger partial charge in [0.25, 0.3) is 15.9 Å². The molecule has 6 heteroatoms. The van der Waals surface area contributed by atoms with Gasteiger partial charge in [-0.25, -0.2) is 8.42 Å². The van der Waals surface area contributed by atoms with Gasteiger partial charge in [0.15, 0.2) is 0 Å². The van der Waals surface area contributed by atoms with Gasteiger partial charge in [-0.15, -0.1) is 0 Å². The molecule has 0 aliphatic heterocycles. The summed E-state index contributed by atoms with van der Waals surface area (Å²) in [4.78, 5) is 12.8. The molecule has 5 nitrogen and oxygen atoms in total. The van der Waals surface area contributed by atoms with Gasteiger partial charge in [-0.2, -0.15) is 0 Å². The van der Waals surface area contributed by atoms with Crippen molar-refractivity contribution in [1.82, 2.24) is 5.32 Å². The van der Waals surface area contributed by atoms with E-state index in [1.165, 1.54) is 6.07 Å². The summed E-state index contributed by atoms with van der Waals surface area (Å²) in [5, 5.41) is 2.91. The number of hydrogen-bond acceptors (Lipinski definition) is 3. The lowest BCUT2D eigenvalue weighted by Gasteiger charge is -2.15. The number of nitrogens with one attached hydrogen (secondary N) is 2. The molecular weight excluding hydrogens is 408 g/mol. The molecule has 0 fully saturated rings. The highest BCUT2D eigenvalue weighted by Gasteiger charge is 2.20. The number of benzene rings is 3. The van der Waals surface area contributed by atoms with Crippen LogP contribution in [-0.2, 0) is 10.0 Å². The van der Waals surface area contributed by atoms with Crippen LogP contribution in [0.3, 0.4) is 0 Å². The van der Waals surface area contributed by atoms with E-state index in [1.54, 1.807) is 25.1 Å². The van der Waals surface area contributed by atoms with Gasteiger partial charge in [-0.3, -0.25) is 9.52 Å². The van der Waals surface area contributed by atoms with Gasteiger partial charge in [-0.05, 0) is 61.6 Å². The molecule has 0 saturated heterocycles. The average molecular weight is 437 g/mol. The van der Waals surface area contributed by atoms with Crippen LogP contribution in [0.15, 0.2) is 71.6 Å². The number of rotatable bonds is 7. The maximum Gasteiger partial charge on any atom is 0.262 e. The normalized spacial score (nSPS) is 12.3. The average Bonchev–Trinajstić information content (AvgIpc) is 2.74. The molecule has 0 aliphatic carbocycles. The largest absolute Gasteiger partial charge is 0.351 e. The summed E-state index contributed by atoms with van der Waals surface area (Å²) in [6.45, 7) is 8.02. The fourth-order valence-corrected chi connectivity index (χ4v) is 4.81. The van der Waals surface area contributed by atoms with Crippen molar-refractivity contribution < 1.29 is 13.2 Å². The minimum absolute atomic E-state index is 0.0937. The monoisotopic (exact) mass is 436 g/mol. The van der Waals surface area contributed by atoms with Crippen molar-refractivity contribution in [2.45, 2.75) is 38.5 Å². The van der Waals surface area contributed by atoms with E-state index in [4.69, 9.17) is 0 Å². The second kappa shape index (κ2) is 9.35. The summed E-state index contributed by atoms with van der Waals surface area (Å²) in [7, 11) is -3.84. The number of anilines is 1. The van der Waals surface area contributed by atoms with E-state index in [0.29, 0.717) is 23.4 Å². The molecule has 3 rings (SSSR count). The molecule has 3 aromatic rings. The SMILES string of the molecule is Cc1ccc(NS(=O)(=O)c2cc(C(=O)NCC(C)c3ccccc3)ccc2C)c(C)c1. The second-order valence-electron chi connectivity index (χ2n) is 7.93. The molecule has 3 aromatic carbocycles. The van der Waals surface area contributed by atoms with E-state index in [2.05, 4.69) is 10.0 Å². The first kappa shape index (κ1) is 22.6. The molecule has 0 heterocycles. The van der Waals surface area contributed by atoms with Gasteiger partial charge < -0.3 is 5.32 Å². The predicted molar refractivity (Wildman–Crippen MR) is 125 cm³/mol. The Morgan fingerprint density at radius 3 is 2.29 bits per heavy atom. The van der Waals surface area contributed by atoms with E-state index in [9.17, 15) is 13.2 Å². The van der Waals surface area contributed by atoms with E-state index in [0.717, 1.165) is 16.7 Å². The molecule has 162 valence electrons. The maximum atomic E-state index is 13.0. The summed E-state index contributed by atoms with van der Waals surface area (Å²) in [5.41, 5.74) is 4.44. The highest BCUT2D eigenvalue weighted by molar-refractivity contribution is 7.92. The van der Waals surface area contributed by atoms with E-state index < -0.39 is 10.0 Å². The maximum absolute atomic E-state index is 13.0. The lowest BCUT2D eigenvalue weighted by atomic mass is 10.0. The molecule has 1 amide bonds. The Hall–Kier alpha value is -3.12. The standard InChI is InChI=1S/C25H28N2O3S/c1-17-10-13-23(19(3)14-17)27-31(29,30)24-15-22(12-11-18(24)2)25(28)26-16-20(4)21-8-6-5-7-9-21/h5-15,20,27H,16H2,1-4H3,(H,26,28). The molecule has 0 aliphatic rings. The van der Waals surface area contributed by atoms with Crippen LogP contribution in [0.5, 0.6) is 0 Å².